The summed E-state index contributed by atoms with van der Waals surface area (Å²) in [5, 5.41) is 2.02. The first-order valence-electron chi connectivity index (χ1n) is 4.96. The Hall–Kier alpha value is -1.18. The summed E-state index contributed by atoms with van der Waals surface area (Å²) in [6.07, 6.45) is 0.373. The van der Waals surface area contributed by atoms with Crippen LogP contribution in [0.5, 0.6) is 0 Å². The Morgan fingerprint density at radius 2 is 2.11 bits per heavy atom. The van der Waals surface area contributed by atoms with E-state index >= 15 is 0 Å². The summed E-state index contributed by atoms with van der Waals surface area (Å²) in [6.45, 7) is 1.71. The van der Waals surface area contributed by atoms with Crippen molar-refractivity contribution in [1.82, 2.24) is 5.32 Å². The minimum Gasteiger partial charge on any atom is -0.336 e. The lowest BCUT2D eigenvalue weighted by molar-refractivity contribution is 0.0958. The molecule has 0 radical (unpaired) electrons. The SMILES string of the molecule is CCc1c(F)cc(C(=O)NCS(=O)(=O)O)cc1Cl. The maximum Gasteiger partial charge on any atom is 0.283 e. The van der Waals surface area contributed by atoms with Crippen molar-refractivity contribution in [3.8, 4) is 0 Å². The minimum atomic E-state index is -4.32. The Kier molecular flexibility index (Phi) is 4.66. The first-order chi connectivity index (χ1) is 8.24. The molecule has 0 aliphatic rings. The predicted octanol–water partition coefficient (Wildman–Crippen LogP) is 1.62. The van der Waals surface area contributed by atoms with Crippen molar-refractivity contribution in [2.45, 2.75) is 13.3 Å². The lowest BCUT2D eigenvalue weighted by Gasteiger charge is -2.07. The standard InChI is InChI=1S/C10H11ClFNO4S/c1-2-7-8(11)3-6(4-9(7)12)10(14)13-5-18(15,16)17/h3-4H,2,5H2,1H3,(H,13,14)(H,15,16,17). The quantitative estimate of drug-likeness (QED) is 0.827. The molecule has 0 heterocycles. The van der Waals surface area contributed by atoms with Gasteiger partial charge >= 0.3 is 0 Å². The van der Waals surface area contributed by atoms with Crippen molar-refractivity contribution < 1.29 is 22.2 Å². The molecule has 18 heavy (non-hydrogen) atoms. The van der Waals surface area contributed by atoms with Crippen LogP contribution in [0, 0.1) is 5.82 Å². The van der Waals surface area contributed by atoms with Gasteiger partial charge in [0, 0.05) is 16.1 Å². The summed E-state index contributed by atoms with van der Waals surface area (Å²) in [5.41, 5.74) is 0.168. The van der Waals surface area contributed by atoms with Crippen molar-refractivity contribution in [3.63, 3.8) is 0 Å². The van der Waals surface area contributed by atoms with Crippen LogP contribution in [0.15, 0.2) is 12.1 Å². The average Bonchev–Trinajstić information content (AvgIpc) is 2.24. The third-order valence-electron chi connectivity index (χ3n) is 2.17. The molecule has 0 unspecified atom stereocenters. The molecule has 8 heteroatoms. The first kappa shape index (κ1) is 14.9. The fraction of sp³-hybridized carbons (Fsp3) is 0.300. The summed E-state index contributed by atoms with van der Waals surface area (Å²) in [5.74, 6) is -2.42. The summed E-state index contributed by atoms with van der Waals surface area (Å²) in [4.78, 5) is 11.5. The van der Waals surface area contributed by atoms with Crippen LogP contribution in [-0.2, 0) is 16.5 Å². The minimum absolute atomic E-state index is 0.0921. The van der Waals surface area contributed by atoms with Crippen LogP contribution in [0.2, 0.25) is 5.02 Å². The molecule has 0 saturated carbocycles. The Morgan fingerprint density at radius 3 is 2.56 bits per heavy atom. The lowest BCUT2D eigenvalue weighted by atomic mass is 10.1. The number of rotatable bonds is 4. The summed E-state index contributed by atoms with van der Waals surface area (Å²) < 4.78 is 42.9. The highest BCUT2D eigenvalue weighted by Crippen LogP contribution is 2.22. The van der Waals surface area contributed by atoms with E-state index in [2.05, 4.69) is 0 Å². The van der Waals surface area contributed by atoms with E-state index in [1.807, 2.05) is 5.32 Å². The van der Waals surface area contributed by atoms with Gasteiger partial charge in [0.25, 0.3) is 16.0 Å². The monoisotopic (exact) mass is 295 g/mol. The van der Waals surface area contributed by atoms with Crippen LogP contribution in [-0.4, -0.2) is 24.8 Å². The van der Waals surface area contributed by atoms with Gasteiger partial charge in [-0.15, -0.1) is 0 Å². The highest BCUT2D eigenvalue weighted by atomic mass is 35.5. The fourth-order valence-corrected chi connectivity index (χ4v) is 1.99. The van der Waals surface area contributed by atoms with E-state index < -0.39 is 27.7 Å². The molecule has 1 amide bonds. The van der Waals surface area contributed by atoms with Crippen molar-refractivity contribution in [1.29, 1.82) is 0 Å². The Balaban J connectivity index is 2.94. The van der Waals surface area contributed by atoms with E-state index in [-0.39, 0.29) is 16.1 Å². The van der Waals surface area contributed by atoms with E-state index in [0.29, 0.717) is 6.42 Å². The van der Waals surface area contributed by atoms with Crippen LogP contribution in [0.4, 0.5) is 4.39 Å². The number of hydrogen-bond acceptors (Lipinski definition) is 3. The van der Waals surface area contributed by atoms with Crippen LogP contribution < -0.4 is 5.32 Å². The van der Waals surface area contributed by atoms with Crippen LogP contribution in [0.3, 0.4) is 0 Å². The van der Waals surface area contributed by atoms with Crippen LogP contribution >= 0.6 is 11.6 Å². The van der Waals surface area contributed by atoms with Crippen LogP contribution in [0.25, 0.3) is 0 Å². The number of halogens is 2. The molecule has 0 fully saturated rings. The van der Waals surface area contributed by atoms with Crippen molar-refractivity contribution >= 4 is 27.6 Å². The first-order valence-corrected chi connectivity index (χ1v) is 6.94. The molecule has 0 saturated heterocycles. The van der Waals surface area contributed by atoms with Gasteiger partial charge in [-0.05, 0) is 18.6 Å². The van der Waals surface area contributed by atoms with Gasteiger partial charge in [0.1, 0.15) is 11.7 Å². The second-order valence-electron chi connectivity index (χ2n) is 3.50. The molecule has 0 atom stereocenters. The molecule has 1 aromatic rings. The Labute approximate surface area is 109 Å². The molecule has 1 aromatic carbocycles. The molecule has 0 aliphatic heterocycles. The van der Waals surface area contributed by atoms with E-state index in [0.717, 1.165) is 6.07 Å². The van der Waals surface area contributed by atoms with E-state index in [4.69, 9.17) is 16.2 Å². The van der Waals surface area contributed by atoms with Gasteiger partial charge in [0.05, 0.1) is 0 Å². The second-order valence-corrected chi connectivity index (χ2v) is 5.36. The van der Waals surface area contributed by atoms with E-state index in [1.54, 1.807) is 6.92 Å². The largest absolute Gasteiger partial charge is 0.336 e. The number of hydrogen-bond donors (Lipinski definition) is 2. The van der Waals surface area contributed by atoms with Gasteiger partial charge in [-0.1, -0.05) is 18.5 Å². The van der Waals surface area contributed by atoms with E-state index in [9.17, 15) is 17.6 Å². The molecule has 1 rings (SSSR count). The highest BCUT2D eigenvalue weighted by molar-refractivity contribution is 7.85. The zero-order valence-electron chi connectivity index (χ0n) is 9.41. The van der Waals surface area contributed by atoms with E-state index in [1.165, 1.54) is 6.07 Å². The number of nitrogens with one attached hydrogen (secondary N) is 1. The van der Waals surface area contributed by atoms with Crippen molar-refractivity contribution in [2.75, 3.05) is 5.88 Å². The van der Waals surface area contributed by atoms with Crippen molar-refractivity contribution in [2.24, 2.45) is 0 Å². The van der Waals surface area contributed by atoms with Gasteiger partial charge in [-0.25, -0.2) is 4.39 Å². The normalized spacial score (nSPS) is 11.3. The number of amides is 1. The van der Waals surface area contributed by atoms with Gasteiger partial charge in [-0.3, -0.25) is 9.35 Å². The zero-order valence-corrected chi connectivity index (χ0v) is 11.0. The van der Waals surface area contributed by atoms with Crippen LogP contribution in [0.1, 0.15) is 22.8 Å². The predicted molar refractivity (Wildman–Crippen MR) is 64.7 cm³/mol. The summed E-state index contributed by atoms with van der Waals surface area (Å²) in [7, 11) is -4.32. The Morgan fingerprint density at radius 1 is 1.50 bits per heavy atom. The molecule has 5 nitrogen and oxygen atoms in total. The third-order valence-corrected chi connectivity index (χ3v) is 3.02. The average molecular weight is 296 g/mol. The molecule has 0 aliphatic carbocycles. The highest BCUT2D eigenvalue weighted by Gasteiger charge is 2.14. The maximum atomic E-state index is 13.5. The summed E-state index contributed by atoms with van der Waals surface area (Å²) in [6, 6.07) is 2.20. The Bertz CT molecular complexity index is 550. The third kappa shape index (κ3) is 3.94. The molecular formula is C10H11ClFNO4S. The number of carbonyl (C=O) groups is 1. The van der Waals surface area contributed by atoms with Gasteiger partial charge < -0.3 is 5.32 Å². The van der Waals surface area contributed by atoms with Crippen molar-refractivity contribution in [3.05, 3.63) is 34.1 Å². The number of carbonyl (C=O) groups excluding carboxylic acids is 1. The topological polar surface area (TPSA) is 83.5 Å². The number of benzene rings is 1. The molecule has 2 N–H and O–H groups in total. The molecular weight excluding hydrogens is 285 g/mol. The molecule has 100 valence electrons. The molecule has 0 aromatic heterocycles. The molecule has 0 spiro atoms. The smallest absolute Gasteiger partial charge is 0.283 e. The molecule has 0 bridgehead atoms. The van der Waals surface area contributed by atoms with Gasteiger partial charge in [0.2, 0.25) is 0 Å². The summed E-state index contributed by atoms with van der Waals surface area (Å²) >= 11 is 5.78. The van der Waals surface area contributed by atoms with Gasteiger partial charge in [-0.2, -0.15) is 8.42 Å². The van der Waals surface area contributed by atoms with Gasteiger partial charge in [0.15, 0.2) is 0 Å². The lowest BCUT2D eigenvalue weighted by Crippen LogP contribution is -2.29. The fourth-order valence-electron chi connectivity index (χ4n) is 1.33. The second kappa shape index (κ2) is 5.64. The zero-order chi connectivity index (χ0) is 13.9. The maximum absolute atomic E-state index is 13.5.